The fraction of sp³-hybridized carbons (Fsp3) is 0.167. The molecule has 32 heavy (non-hydrogen) atoms. The second-order valence-corrected chi connectivity index (χ2v) is 8.81. The lowest BCUT2D eigenvalue weighted by Crippen LogP contribution is -1.97. The van der Waals surface area contributed by atoms with Gasteiger partial charge in [-0.05, 0) is 56.2 Å². The van der Waals surface area contributed by atoms with E-state index in [1.165, 1.54) is 29.5 Å². The first-order valence-electron chi connectivity index (χ1n) is 9.95. The summed E-state index contributed by atoms with van der Waals surface area (Å²) in [5, 5.41) is 20.9. The topological polar surface area (TPSA) is 97.7 Å². The van der Waals surface area contributed by atoms with E-state index in [0.29, 0.717) is 22.5 Å². The van der Waals surface area contributed by atoms with Gasteiger partial charge < -0.3 is 5.11 Å². The minimum atomic E-state index is -0.517. The molecule has 0 fully saturated rings. The molecule has 0 saturated carbocycles. The van der Waals surface area contributed by atoms with Gasteiger partial charge in [0.1, 0.15) is 0 Å². The van der Waals surface area contributed by atoms with E-state index in [4.69, 9.17) is 0 Å². The van der Waals surface area contributed by atoms with Crippen LogP contribution in [0.25, 0.3) is 22.3 Å². The van der Waals surface area contributed by atoms with E-state index in [2.05, 4.69) is 4.98 Å². The molecule has 2 heterocycles. The Labute approximate surface area is 188 Å². The van der Waals surface area contributed by atoms with E-state index in [1.54, 1.807) is 18.2 Å². The predicted octanol–water partition coefficient (Wildman–Crippen LogP) is 5.28. The van der Waals surface area contributed by atoms with Crippen LogP contribution in [0.2, 0.25) is 0 Å². The third-order valence-electron chi connectivity index (χ3n) is 5.39. The lowest BCUT2D eigenvalue weighted by atomic mass is 10.0. The molecule has 2 aromatic carbocycles. The van der Waals surface area contributed by atoms with Crippen LogP contribution in [0.5, 0.6) is 0 Å². The number of thiazole rings is 1. The van der Waals surface area contributed by atoms with Crippen molar-refractivity contribution in [3.8, 4) is 11.3 Å². The molecule has 0 aliphatic heterocycles. The second-order valence-electron chi connectivity index (χ2n) is 7.60. The van der Waals surface area contributed by atoms with Crippen molar-refractivity contribution in [2.45, 2.75) is 27.4 Å². The molecule has 0 unspecified atom stereocenters. The Balaban J connectivity index is 1.81. The number of nitro groups is 1. The third-order valence-corrected chi connectivity index (χ3v) is 6.29. The van der Waals surface area contributed by atoms with Gasteiger partial charge in [-0.1, -0.05) is 18.2 Å². The SMILES string of the molecule is Cc1cn2c(/C=C/C(=O)c3ccc(C)c(C)c3)c(-c3ccc(CO)c([N+](=O)[O-])c3)nc2s1. The summed E-state index contributed by atoms with van der Waals surface area (Å²) in [6.07, 6.45) is 5.12. The van der Waals surface area contributed by atoms with Crippen LogP contribution in [0.15, 0.2) is 48.7 Å². The van der Waals surface area contributed by atoms with Gasteiger partial charge in [0.2, 0.25) is 0 Å². The molecule has 4 aromatic rings. The molecular weight excluding hydrogens is 426 g/mol. The number of aryl methyl sites for hydroxylation is 3. The number of aromatic nitrogens is 2. The zero-order chi connectivity index (χ0) is 23.0. The van der Waals surface area contributed by atoms with Crippen molar-refractivity contribution >= 4 is 33.8 Å². The third kappa shape index (κ3) is 3.98. The molecule has 0 aliphatic rings. The molecule has 4 rings (SSSR count). The molecule has 1 N–H and O–H groups in total. The van der Waals surface area contributed by atoms with Gasteiger partial charge in [0, 0.05) is 28.3 Å². The molecule has 2 aromatic heterocycles. The van der Waals surface area contributed by atoms with Gasteiger partial charge in [-0.2, -0.15) is 0 Å². The van der Waals surface area contributed by atoms with E-state index in [-0.39, 0.29) is 17.0 Å². The van der Waals surface area contributed by atoms with Gasteiger partial charge in [0.15, 0.2) is 10.7 Å². The number of hydrogen-bond acceptors (Lipinski definition) is 6. The van der Waals surface area contributed by atoms with Crippen LogP contribution < -0.4 is 0 Å². The fourth-order valence-electron chi connectivity index (χ4n) is 3.50. The number of carbonyl (C=O) groups is 1. The average Bonchev–Trinajstić information content (AvgIpc) is 3.29. The summed E-state index contributed by atoms with van der Waals surface area (Å²) in [7, 11) is 0. The number of benzene rings is 2. The normalized spacial score (nSPS) is 11.5. The van der Waals surface area contributed by atoms with E-state index in [0.717, 1.165) is 21.0 Å². The molecule has 0 bridgehead atoms. The highest BCUT2D eigenvalue weighted by Crippen LogP contribution is 2.32. The molecule has 0 aliphatic carbocycles. The molecule has 0 amide bonds. The van der Waals surface area contributed by atoms with Gasteiger partial charge in [-0.15, -0.1) is 11.3 Å². The number of hydrogen-bond donors (Lipinski definition) is 1. The van der Waals surface area contributed by atoms with Crippen molar-refractivity contribution < 1.29 is 14.8 Å². The van der Waals surface area contributed by atoms with Crippen LogP contribution in [0, 0.1) is 30.9 Å². The van der Waals surface area contributed by atoms with E-state index in [1.807, 2.05) is 43.5 Å². The number of allylic oxidation sites excluding steroid dienone is 1. The summed E-state index contributed by atoms with van der Waals surface area (Å²) in [6, 6.07) is 10.2. The van der Waals surface area contributed by atoms with Gasteiger partial charge in [0.05, 0.1) is 28.5 Å². The second kappa shape index (κ2) is 8.49. The van der Waals surface area contributed by atoms with Gasteiger partial charge in [0.25, 0.3) is 5.69 Å². The van der Waals surface area contributed by atoms with Crippen molar-refractivity contribution in [2.24, 2.45) is 0 Å². The molecule has 0 radical (unpaired) electrons. The maximum atomic E-state index is 12.8. The van der Waals surface area contributed by atoms with Crippen LogP contribution >= 0.6 is 11.3 Å². The zero-order valence-electron chi connectivity index (χ0n) is 17.8. The Bertz CT molecular complexity index is 1400. The number of rotatable bonds is 6. The number of nitrogens with zero attached hydrogens (tertiary/aromatic N) is 3. The highest BCUT2D eigenvalue weighted by Gasteiger charge is 2.19. The smallest absolute Gasteiger partial charge is 0.275 e. The summed E-state index contributed by atoms with van der Waals surface area (Å²) in [6.45, 7) is 5.50. The van der Waals surface area contributed by atoms with Crippen molar-refractivity contribution in [2.75, 3.05) is 0 Å². The number of aliphatic hydroxyl groups is 1. The van der Waals surface area contributed by atoms with E-state index in [9.17, 15) is 20.0 Å². The lowest BCUT2D eigenvalue weighted by molar-refractivity contribution is -0.385. The van der Waals surface area contributed by atoms with Crippen LogP contribution in [-0.4, -0.2) is 25.2 Å². The molecule has 0 atom stereocenters. The lowest BCUT2D eigenvalue weighted by Gasteiger charge is -2.04. The first-order valence-corrected chi connectivity index (χ1v) is 10.8. The molecule has 0 spiro atoms. The Morgan fingerprint density at radius 2 is 1.97 bits per heavy atom. The zero-order valence-corrected chi connectivity index (χ0v) is 18.6. The summed E-state index contributed by atoms with van der Waals surface area (Å²) in [5.74, 6) is -0.137. The maximum Gasteiger partial charge on any atom is 0.275 e. The molecule has 162 valence electrons. The highest BCUT2D eigenvalue weighted by atomic mass is 32.1. The minimum absolute atomic E-state index is 0.137. The summed E-state index contributed by atoms with van der Waals surface area (Å²) in [5.41, 5.74) is 4.56. The monoisotopic (exact) mass is 447 g/mol. The summed E-state index contributed by atoms with van der Waals surface area (Å²) < 4.78 is 1.88. The summed E-state index contributed by atoms with van der Waals surface area (Å²) >= 11 is 1.49. The number of carbonyl (C=O) groups excluding carboxylic acids is 1. The Hall–Kier alpha value is -3.62. The van der Waals surface area contributed by atoms with Crippen molar-refractivity contribution in [1.29, 1.82) is 0 Å². The first-order chi connectivity index (χ1) is 15.3. The maximum absolute atomic E-state index is 12.8. The van der Waals surface area contributed by atoms with Crippen molar-refractivity contribution in [3.63, 3.8) is 0 Å². The molecular formula is C24H21N3O4S. The largest absolute Gasteiger partial charge is 0.391 e. The molecule has 7 nitrogen and oxygen atoms in total. The number of imidazole rings is 1. The average molecular weight is 448 g/mol. The van der Waals surface area contributed by atoms with Crippen LogP contribution in [0.3, 0.4) is 0 Å². The van der Waals surface area contributed by atoms with Crippen LogP contribution in [-0.2, 0) is 6.61 Å². The van der Waals surface area contributed by atoms with E-state index >= 15 is 0 Å². The number of aliphatic hydroxyl groups excluding tert-OH is 1. The summed E-state index contributed by atoms with van der Waals surface area (Å²) in [4.78, 5) is 30.2. The quantitative estimate of drug-likeness (QED) is 0.188. The standard InChI is InChI=1S/C24H21N3O4S/c1-14-4-5-17(10-15(14)2)22(29)9-8-20-23(25-24-26(20)12-16(3)32-24)18-6-7-19(13-28)21(11-18)27(30)31/h4-12,28H,13H2,1-3H3/b9-8+. The Morgan fingerprint density at radius 1 is 1.19 bits per heavy atom. The predicted molar refractivity (Wildman–Crippen MR) is 125 cm³/mol. The highest BCUT2D eigenvalue weighted by molar-refractivity contribution is 7.17. The van der Waals surface area contributed by atoms with Gasteiger partial charge in [-0.25, -0.2) is 4.98 Å². The van der Waals surface area contributed by atoms with Gasteiger partial charge >= 0.3 is 0 Å². The number of ketones is 1. The first kappa shape index (κ1) is 21.6. The van der Waals surface area contributed by atoms with E-state index < -0.39 is 11.5 Å². The molecule has 8 heteroatoms. The number of fused-ring (bicyclic) bond motifs is 1. The van der Waals surface area contributed by atoms with Gasteiger partial charge in [-0.3, -0.25) is 19.3 Å². The Kier molecular flexibility index (Phi) is 5.73. The van der Waals surface area contributed by atoms with Crippen molar-refractivity contribution in [3.05, 3.63) is 91.6 Å². The molecule has 0 saturated heterocycles. The van der Waals surface area contributed by atoms with Crippen LogP contribution in [0.4, 0.5) is 5.69 Å². The fourth-order valence-corrected chi connectivity index (χ4v) is 4.34. The minimum Gasteiger partial charge on any atom is -0.391 e. The van der Waals surface area contributed by atoms with Crippen molar-refractivity contribution in [1.82, 2.24) is 9.38 Å². The Morgan fingerprint density at radius 3 is 2.66 bits per heavy atom. The van der Waals surface area contributed by atoms with Crippen LogP contribution in [0.1, 0.15) is 37.6 Å². The number of nitro benzene ring substituents is 1.